The van der Waals surface area contributed by atoms with E-state index < -0.39 is 0 Å². The van der Waals surface area contributed by atoms with E-state index in [0.29, 0.717) is 0 Å². The van der Waals surface area contributed by atoms with E-state index in [-0.39, 0.29) is 18.0 Å². The molecule has 2 rings (SSSR count). The molecule has 0 saturated carbocycles. The minimum Gasteiger partial charge on any atom is -0.497 e. The molecule has 2 aromatic rings. The van der Waals surface area contributed by atoms with Crippen molar-refractivity contribution in [3.63, 3.8) is 0 Å². The van der Waals surface area contributed by atoms with Crippen LogP contribution in [0, 0.1) is 0 Å². The van der Waals surface area contributed by atoms with Crippen LogP contribution in [-0.4, -0.2) is 30.0 Å². The maximum Gasteiger partial charge on any atom is 0.254 e. The number of carbonyl (C=O) groups excluding carboxylic acids is 1. The van der Waals surface area contributed by atoms with Crippen molar-refractivity contribution < 1.29 is 9.53 Å². The summed E-state index contributed by atoms with van der Waals surface area (Å²) in [6, 6.07) is 10.4. The summed E-state index contributed by atoms with van der Waals surface area (Å²) in [5.74, 6) is 0.953. The normalized spacial score (nSPS) is 11.3. The SMILES string of the molecule is CCc1c(C(=O)N(C(C)C)C(C)C)ccc2cc(OC)ccc12. The number of fused-ring (bicyclic) bond motifs is 1. The summed E-state index contributed by atoms with van der Waals surface area (Å²) in [4.78, 5) is 15.0. The highest BCUT2D eigenvalue weighted by molar-refractivity contribution is 6.02. The van der Waals surface area contributed by atoms with Crippen molar-refractivity contribution >= 4 is 16.7 Å². The second-order valence-corrected chi connectivity index (χ2v) is 6.43. The molecule has 124 valence electrons. The highest BCUT2D eigenvalue weighted by atomic mass is 16.5. The lowest BCUT2D eigenvalue weighted by atomic mass is 9.95. The summed E-state index contributed by atoms with van der Waals surface area (Å²) in [6.07, 6.45) is 0.828. The predicted octanol–water partition coefficient (Wildman–Crippen LogP) is 4.67. The van der Waals surface area contributed by atoms with Gasteiger partial charge in [0.25, 0.3) is 5.91 Å². The Hall–Kier alpha value is -2.03. The summed E-state index contributed by atoms with van der Waals surface area (Å²) in [5, 5.41) is 2.24. The zero-order valence-corrected chi connectivity index (χ0v) is 15.0. The van der Waals surface area contributed by atoms with Gasteiger partial charge < -0.3 is 9.64 Å². The first-order chi connectivity index (χ1) is 10.9. The molecular formula is C20H27NO2. The Morgan fingerprint density at radius 1 is 1.09 bits per heavy atom. The lowest BCUT2D eigenvalue weighted by molar-refractivity contribution is 0.0643. The number of aryl methyl sites for hydroxylation is 1. The standard InChI is InChI=1S/C20H27NO2/c1-7-17-18-11-9-16(23-6)12-15(18)8-10-19(17)20(22)21(13(2)3)14(4)5/h8-14H,7H2,1-6H3. The molecule has 0 aromatic heterocycles. The molecular weight excluding hydrogens is 286 g/mol. The zero-order chi connectivity index (χ0) is 17.1. The minimum atomic E-state index is 0.115. The smallest absolute Gasteiger partial charge is 0.254 e. The summed E-state index contributed by atoms with van der Waals surface area (Å²) in [6.45, 7) is 10.4. The van der Waals surface area contributed by atoms with Crippen molar-refractivity contribution in [3.8, 4) is 5.75 Å². The van der Waals surface area contributed by atoms with Gasteiger partial charge in [0.1, 0.15) is 5.75 Å². The third-order valence-corrected chi connectivity index (χ3v) is 4.27. The molecule has 0 unspecified atom stereocenters. The fourth-order valence-corrected chi connectivity index (χ4v) is 3.28. The molecule has 0 fully saturated rings. The van der Waals surface area contributed by atoms with E-state index in [2.05, 4.69) is 40.7 Å². The third kappa shape index (κ3) is 3.34. The van der Waals surface area contributed by atoms with Crippen LogP contribution >= 0.6 is 0 Å². The van der Waals surface area contributed by atoms with Crippen LogP contribution in [0.25, 0.3) is 10.8 Å². The van der Waals surface area contributed by atoms with Crippen LogP contribution in [0.5, 0.6) is 5.75 Å². The Bertz CT molecular complexity index is 696. The van der Waals surface area contributed by atoms with E-state index in [4.69, 9.17) is 4.74 Å². The number of hydrogen-bond donors (Lipinski definition) is 0. The number of carbonyl (C=O) groups is 1. The molecule has 2 aromatic carbocycles. The molecule has 3 nitrogen and oxygen atoms in total. The number of ether oxygens (including phenoxy) is 1. The molecule has 3 heteroatoms. The molecule has 0 saturated heterocycles. The van der Waals surface area contributed by atoms with Crippen molar-refractivity contribution in [2.45, 2.75) is 53.1 Å². The largest absolute Gasteiger partial charge is 0.497 e. The number of benzene rings is 2. The Morgan fingerprint density at radius 2 is 1.74 bits per heavy atom. The molecule has 0 N–H and O–H groups in total. The molecule has 23 heavy (non-hydrogen) atoms. The van der Waals surface area contributed by atoms with Gasteiger partial charge in [0.15, 0.2) is 0 Å². The number of nitrogens with zero attached hydrogens (tertiary/aromatic N) is 1. The van der Waals surface area contributed by atoms with E-state index in [9.17, 15) is 4.79 Å². The van der Waals surface area contributed by atoms with Gasteiger partial charge in [-0.3, -0.25) is 4.79 Å². The highest BCUT2D eigenvalue weighted by Gasteiger charge is 2.24. The van der Waals surface area contributed by atoms with Gasteiger partial charge in [-0.15, -0.1) is 0 Å². The Labute approximate surface area is 139 Å². The van der Waals surface area contributed by atoms with Gasteiger partial charge in [-0.05, 0) is 68.7 Å². The zero-order valence-electron chi connectivity index (χ0n) is 15.0. The van der Waals surface area contributed by atoms with Crippen molar-refractivity contribution in [2.24, 2.45) is 0 Å². The molecule has 0 aliphatic carbocycles. The van der Waals surface area contributed by atoms with Gasteiger partial charge in [-0.1, -0.05) is 19.1 Å². The van der Waals surface area contributed by atoms with E-state index in [1.807, 2.05) is 29.2 Å². The lowest BCUT2D eigenvalue weighted by Crippen LogP contribution is -2.42. The van der Waals surface area contributed by atoms with Crippen molar-refractivity contribution in [1.82, 2.24) is 4.90 Å². The van der Waals surface area contributed by atoms with Crippen LogP contribution in [0.3, 0.4) is 0 Å². The van der Waals surface area contributed by atoms with E-state index in [0.717, 1.165) is 34.1 Å². The van der Waals surface area contributed by atoms with Crippen LogP contribution < -0.4 is 4.74 Å². The first-order valence-electron chi connectivity index (χ1n) is 8.33. The Morgan fingerprint density at radius 3 is 2.26 bits per heavy atom. The van der Waals surface area contributed by atoms with Crippen LogP contribution in [0.1, 0.15) is 50.5 Å². The second kappa shape index (κ2) is 7.03. The fraction of sp³-hybridized carbons (Fsp3) is 0.450. The molecule has 0 aliphatic rings. The number of hydrogen-bond acceptors (Lipinski definition) is 2. The topological polar surface area (TPSA) is 29.5 Å². The van der Waals surface area contributed by atoms with Crippen LogP contribution in [0.4, 0.5) is 0 Å². The molecule has 0 heterocycles. The first kappa shape index (κ1) is 17.3. The molecule has 0 bridgehead atoms. The summed E-state index contributed by atoms with van der Waals surface area (Å²) < 4.78 is 5.30. The molecule has 0 spiro atoms. The van der Waals surface area contributed by atoms with Crippen molar-refractivity contribution in [3.05, 3.63) is 41.5 Å². The van der Waals surface area contributed by atoms with Crippen molar-refractivity contribution in [1.29, 1.82) is 0 Å². The predicted molar refractivity (Wildman–Crippen MR) is 96.3 cm³/mol. The minimum absolute atomic E-state index is 0.115. The van der Waals surface area contributed by atoms with E-state index in [1.165, 1.54) is 0 Å². The first-order valence-corrected chi connectivity index (χ1v) is 8.33. The Balaban J connectivity index is 2.59. The number of amides is 1. The van der Waals surface area contributed by atoms with Gasteiger partial charge >= 0.3 is 0 Å². The van der Waals surface area contributed by atoms with Gasteiger partial charge in [-0.2, -0.15) is 0 Å². The summed E-state index contributed by atoms with van der Waals surface area (Å²) >= 11 is 0. The Kier molecular flexibility index (Phi) is 5.30. The van der Waals surface area contributed by atoms with Crippen LogP contribution in [0.2, 0.25) is 0 Å². The van der Waals surface area contributed by atoms with E-state index in [1.54, 1.807) is 7.11 Å². The van der Waals surface area contributed by atoms with Crippen LogP contribution in [0.15, 0.2) is 30.3 Å². The summed E-state index contributed by atoms with van der Waals surface area (Å²) in [5.41, 5.74) is 1.93. The maximum absolute atomic E-state index is 13.1. The van der Waals surface area contributed by atoms with Gasteiger partial charge in [0.05, 0.1) is 7.11 Å². The van der Waals surface area contributed by atoms with Crippen LogP contribution in [-0.2, 0) is 6.42 Å². The average Bonchev–Trinajstić information content (AvgIpc) is 2.52. The summed E-state index contributed by atoms with van der Waals surface area (Å²) in [7, 11) is 1.67. The highest BCUT2D eigenvalue weighted by Crippen LogP contribution is 2.28. The molecule has 0 radical (unpaired) electrons. The van der Waals surface area contributed by atoms with E-state index >= 15 is 0 Å². The van der Waals surface area contributed by atoms with Crippen molar-refractivity contribution in [2.75, 3.05) is 7.11 Å². The third-order valence-electron chi connectivity index (χ3n) is 4.27. The number of rotatable bonds is 5. The second-order valence-electron chi connectivity index (χ2n) is 6.43. The molecule has 0 aliphatic heterocycles. The molecule has 1 amide bonds. The van der Waals surface area contributed by atoms with Gasteiger partial charge in [0.2, 0.25) is 0 Å². The average molecular weight is 313 g/mol. The van der Waals surface area contributed by atoms with Gasteiger partial charge in [0, 0.05) is 17.6 Å². The lowest BCUT2D eigenvalue weighted by Gasteiger charge is -2.31. The fourth-order valence-electron chi connectivity index (χ4n) is 3.28. The number of methoxy groups -OCH3 is 1. The quantitative estimate of drug-likeness (QED) is 0.803. The molecule has 0 atom stereocenters. The maximum atomic E-state index is 13.1. The monoisotopic (exact) mass is 313 g/mol. The van der Waals surface area contributed by atoms with Gasteiger partial charge in [-0.25, -0.2) is 0 Å².